The summed E-state index contributed by atoms with van der Waals surface area (Å²) in [5, 5.41) is 4.98. The van der Waals surface area contributed by atoms with Crippen LogP contribution in [-0.2, 0) is 6.61 Å². The van der Waals surface area contributed by atoms with Crippen LogP contribution < -0.4 is 10.1 Å². The molecule has 1 aliphatic carbocycles. The fourth-order valence-electron chi connectivity index (χ4n) is 1.93. The van der Waals surface area contributed by atoms with Crippen molar-refractivity contribution in [1.29, 1.82) is 0 Å². The van der Waals surface area contributed by atoms with Gasteiger partial charge in [-0.1, -0.05) is 18.2 Å². The van der Waals surface area contributed by atoms with Crippen molar-refractivity contribution in [1.82, 2.24) is 5.32 Å². The standard InChI is InChI=1S/C16H17NO2S/c1-11-4-2-3-5-14(11)19-9-12-8-15(20-10-12)16(18)17-13-6-7-13/h2-5,8,10,13H,6-7,9H2,1H3,(H,17,18). The first-order chi connectivity index (χ1) is 9.72. The Morgan fingerprint density at radius 1 is 1.40 bits per heavy atom. The van der Waals surface area contributed by atoms with Crippen LogP contribution in [0.5, 0.6) is 5.75 Å². The van der Waals surface area contributed by atoms with E-state index in [9.17, 15) is 4.79 Å². The number of rotatable bonds is 5. The van der Waals surface area contributed by atoms with E-state index in [1.807, 2.05) is 42.6 Å². The zero-order valence-electron chi connectivity index (χ0n) is 11.4. The molecule has 1 aliphatic rings. The van der Waals surface area contributed by atoms with Crippen molar-refractivity contribution < 1.29 is 9.53 Å². The highest BCUT2D eigenvalue weighted by atomic mass is 32.1. The van der Waals surface area contributed by atoms with Crippen LogP contribution in [0.2, 0.25) is 0 Å². The Balaban J connectivity index is 1.59. The maximum atomic E-state index is 11.9. The lowest BCUT2D eigenvalue weighted by Crippen LogP contribution is -2.24. The molecule has 0 saturated heterocycles. The van der Waals surface area contributed by atoms with E-state index in [0.29, 0.717) is 12.6 Å². The van der Waals surface area contributed by atoms with E-state index in [0.717, 1.165) is 34.6 Å². The molecule has 4 heteroatoms. The van der Waals surface area contributed by atoms with Crippen molar-refractivity contribution in [2.75, 3.05) is 0 Å². The first-order valence-corrected chi connectivity index (χ1v) is 7.67. The van der Waals surface area contributed by atoms with Gasteiger partial charge < -0.3 is 10.1 Å². The van der Waals surface area contributed by atoms with Crippen molar-refractivity contribution in [2.45, 2.75) is 32.4 Å². The van der Waals surface area contributed by atoms with Crippen molar-refractivity contribution >= 4 is 17.2 Å². The predicted octanol–water partition coefficient (Wildman–Crippen LogP) is 3.53. The molecule has 3 nitrogen and oxygen atoms in total. The van der Waals surface area contributed by atoms with Gasteiger partial charge in [0.1, 0.15) is 12.4 Å². The number of hydrogen-bond acceptors (Lipinski definition) is 3. The Bertz CT molecular complexity index is 616. The summed E-state index contributed by atoms with van der Waals surface area (Å²) < 4.78 is 5.78. The Morgan fingerprint density at radius 2 is 2.20 bits per heavy atom. The Labute approximate surface area is 122 Å². The summed E-state index contributed by atoms with van der Waals surface area (Å²) in [6, 6.07) is 10.3. The van der Waals surface area contributed by atoms with Crippen LogP contribution in [0.4, 0.5) is 0 Å². The number of thiophene rings is 1. The molecule has 1 amide bonds. The van der Waals surface area contributed by atoms with Gasteiger partial charge in [-0.3, -0.25) is 4.79 Å². The number of carbonyl (C=O) groups is 1. The molecular weight excluding hydrogens is 270 g/mol. The third kappa shape index (κ3) is 3.20. The Kier molecular flexibility index (Phi) is 3.74. The minimum atomic E-state index is 0.0413. The number of hydrogen-bond donors (Lipinski definition) is 1. The minimum Gasteiger partial charge on any atom is -0.489 e. The molecule has 0 atom stereocenters. The molecule has 20 heavy (non-hydrogen) atoms. The number of ether oxygens (including phenoxy) is 1. The molecule has 2 aromatic rings. The second-order valence-corrected chi connectivity index (χ2v) is 6.03. The number of nitrogens with one attached hydrogen (secondary N) is 1. The summed E-state index contributed by atoms with van der Waals surface area (Å²) in [7, 11) is 0. The molecule has 1 fully saturated rings. The van der Waals surface area contributed by atoms with Crippen molar-refractivity contribution in [3.8, 4) is 5.75 Å². The summed E-state index contributed by atoms with van der Waals surface area (Å²) in [6.45, 7) is 2.52. The van der Waals surface area contributed by atoms with Gasteiger partial charge in [0.2, 0.25) is 0 Å². The van der Waals surface area contributed by atoms with E-state index in [-0.39, 0.29) is 5.91 Å². The van der Waals surface area contributed by atoms with Crippen LogP contribution in [0.25, 0.3) is 0 Å². The van der Waals surface area contributed by atoms with Crippen LogP contribution in [0.3, 0.4) is 0 Å². The summed E-state index contributed by atoms with van der Waals surface area (Å²) in [5.41, 5.74) is 2.16. The zero-order valence-corrected chi connectivity index (χ0v) is 12.2. The van der Waals surface area contributed by atoms with Crippen molar-refractivity contribution in [3.05, 3.63) is 51.7 Å². The highest BCUT2D eigenvalue weighted by Gasteiger charge is 2.24. The molecule has 1 aromatic carbocycles. The van der Waals surface area contributed by atoms with Gasteiger partial charge in [-0.25, -0.2) is 0 Å². The predicted molar refractivity (Wildman–Crippen MR) is 80.3 cm³/mol. The first kappa shape index (κ1) is 13.2. The summed E-state index contributed by atoms with van der Waals surface area (Å²) in [4.78, 5) is 12.7. The number of amides is 1. The maximum Gasteiger partial charge on any atom is 0.261 e. The van der Waals surface area contributed by atoms with Crippen molar-refractivity contribution in [2.24, 2.45) is 0 Å². The monoisotopic (exact) mass is 287 g/mol. The highest BCUT2D eigenvalue weighted by Crippen LogP contribution is 2.23. The zero-order chi connectivity index (χ0) is 13.9. The first-order valence-electron chi connectivity index (χ1n) is 6.79. The molecule has 0 bridgehead atoms. The van der Waals surface area contributed by atoms with Gasteiger partial charge in [0.05, 0.1) is 4.88 Å². The van der Waals surface area contributed by atoms with E-state index < -0.39 is 0 Å². The third-order valence-corrected chi connectivity index (χ3v) is 4.26. The SMILES string of the molecule is Cc1ccccc1OCc1csc(C(=O)NC2CC2)c1. The third-order valence-electron chi connectivity index (χ3n) is 3.28. The molecule has 1 aromatic heterocycles. The van der Waals surface area contributed by atoms with Crippen LogP contribution in [0.15, 0.2) is 35.7 Å². The van der Waals surface area contributed by atoms with Gasteiger partial charge in [0.25, 0.3) is 5.91 Å². The van der Waals surface area contributed by atoms with Crippen LogP contribution >= 0.6 is 11.3 Å². The molecule has 0 spiro atoms. The van der Waals surface area contributed by atoms with E-state index in [4.69, 9.17) is 4.74 Å². The normalized spacial score (nSPS) is 14.1. The lowest BCUT2D eigenvalue weighted by Gasteiger charge is -2.07. The van der Waals surface area contributed by atoms with Gasteiger partial charge in [0.15, 0.2) is 0 Å². The van der Waals surface area contributed by atoms with Gasteiger partial charge in [-0.15, -0.1) is 11.3 Å². The largest absolute Gasteiger partial charge is 0.489 e. The lowest BCUT2D eigenvalue weighted by molar-refractivity contribution is 0.0955. The molecule has 0 unspecified atom stereocenters. The van der Waals surface area contributed by atoms with Gasteiger partial charge in [0, 0.05) is 11.6 Å². The molecule has 104 valence electrons. The molecule has 3 rings (SSSR count). The smallest absolute Gasteiger partial charge is 0.261 e. The van der Waals surface area contributed by atoms with E-state index in [2.05, 4.69) is 5.32 Å². The van der Waals surface area contributed by atoms with Gasteiger partial charge >= 0.3 is 0 Å². The number of carbonyl (C=O) groups excluding carboxylic acids is 1. The summed E-state index contributed by atoms with van der Waals surface area (Å²) in [5.74, 6) is 0.933. The topological polar surface area (TPSA) is 38.3 Å². The summed E-state index contributed by atoms with van der Waals surface area (Å²) >= 11 is 1.47. The Hall–Kier alpha value is -1.81. The number of para-hydroxylation sites is 1. The van der Waals surface area contributed by atoms with E-state index >= 15 is 0 Å². The summed E-state index contributed by atoms with van der Waals surface area (Å²) in [6.07, 6.45) is 2.22. The molecule has 0 radical (unpaired) electrons. The van der Waals surface area contributed by atoms with E-state index in [1.54, 1.807) is 0 Å². The average Bonchev–Trinajstić information content (AvgIpc) is 3.13. The van der Waals surface area contributed by atoms with Crippen molar-refractivity contribution in [3.63, 3.8) is 0 Å². The number of benzene rings is 1. The average molecular weight is 287 g/mol. The quantitative estimate of drug-likeness (QED) is 0.913. The fraction of sp³-hybridized carbons (Fsp3) is 0.312. The lowest BCUT2D eigenvalue weighted by atomic mass is 10.2. The molecule has 0 aliphatic heterocycles. The molecule has 1 N–H and O–H groups in total. The fourth-order valence-corrected chi connectivity index (χ4v) is 2.73. The Morgan fingerprint density at radius 3 is 2.95 bits per heavy atom. The van der Waals surface area contributed by atoms with Gasteiger partial charge in [-0.2, -0.15) is 0 Å². The highest BCUT2D eigenvalue weighted by molar-refractivity contribution is 7.12. The second-order valence-electron chi connectivity index (χ2n) is 5.12. The second kappa shape index (κ2) is 5.67. The molecule has 1 heterocycles. The number of aryl methyl sites for hydroxylation is 1. The molecular formula is C16H17NO2S. The van der Waals surface area contributed by atoms with Crippen LogP contribution in [0, 0.1) is 6.92 Å². The van der Waals surface area contributed by atoms with Crippen LogP contribution in [-0.4, -0.2) is 11.9 Å². The van der Waals surface area contributed by atoms with Crippen LogP contribution in [0.1, 0.15) is 33.6 Å². The van der Waals surface area contributed by atoms with E-state index in [1.165, 1.54) is 11.3 Å². The molecule has 1 saturated carbocycles. The minimum absolute atomic E-state index is 0.0413. The maximum absolute atomic E-state index is 11.9. The van der Waals surface area contributed by atoms with Gasteiger partial charge in [-0.05, 0) is 42.8 Å².